The van der Waals surface area contributed by atoms with Gasteiger partial charge in [0.15, 0.2) is 0 Å². The van der Waals surface area contributed by atoms with Crippen LogP contribution in [0.15, 0.2) is 46.9 Å². The summed E-state index contributed by atoms with van der Waals surface area (Å²) in [7, 11) is 0. The largest absolute Gasteiger partial charge is 0.347 e. The monoisotopic (exact) mass is 394 g/mol. The zero-order valence-electron chi connectivity index (χ0n) is 12.5. The standard InChI is InChI=1S/C17H16BrClN2O2/c1-11-8-14(6-7-15(11)18)21-17(23)10-20-16(22)9-12-2-4-13(19)5-3-12/h2-8H,9-10H2,1H3,(H,20,22)(H,21,23). The molecule has 0 saturated carbocycles. The summed E-state index contributed by atoms with van der Waals surface area (Å²) in [4.78, 5) is 23.7. The molecule has 2 aromatic rings. The second-order valence-electron chi connectivity index (χ2n) is 5.09. The molecule has 0 heterocycles. The van der Waals surface area contributed by atoms with Crippen molar-refractivity contribution in [1.29, 1.82) is 0 Å². The van der Waals surface area contributed by atoms with Crippen LogP contribution in [-0.2, 0) is 16.0 Å². The van der Waals surface area contributed by atoms with Crippen LogP contribution in [0.1, 0.15) is 11.1 Å². The highest BCUT2D eigenvalue weighted by Crippen LogP contribution is 2.19. The molecule has 0 fully saturated rings. The minimum absolute atomic E-state index is 0.0679. The highest BCUT2D eigenvalue weighted by Gasteiger charge is 2.07. The number of hydrogen-bond donors (Lipinski definition) is 2. The van der Waals surface area contributed by atoms with E-state index in [2.05, 4.69) is 26.6 Å². The van der Waals surface area contributed by atoms with Gasteiger partial charge in [0.2, 0.25) is 11.8 Å². The van der Waals surface area contributed by atoms with Crippen LogP contribution < -0.4 is 10.6 Å². The van der Waals surface area contributed by atoms with Crippen LogP contribution in [0.5, 0.6) is 0 Å². The minimum atomic E-state index is -0.267. The summed E-state index contributed by atoms with van der Waals surface area (Å²) in [5.41, 5.74) is 2.56. The Kier molecular flexibility index (Phi) is 6.19. The zero-order chi connectivity index (χ0) is 16.8. The maximum absolute atomic E-state index is 11.9. The maximum atomic E-state index is 11.9. The summed E-state index contributed by atoms with van der Waals surface area (Å²) < 4.78 is 0.978. The van der Waals surface area contributed by atoms with E-state index in [-0.39, 0.29) is 24.8 Å². The normalized spacial score (nSPS) is 10.2. The molecular weight excluding hydrogens is 380 g/mol. The van der Waals surface area contributed by atoms with Gasteiger partial charge in [-0.15, -0.1) is 0 Å². The molecule has 2 aromatic carbocycles. The highest BCUT2D eigenvalue weighted by atomic mass is 79.9. The molecule has 0 aromatic heterocycles. The Balaban J connectivity index is 1.80. The van der Waals surface area contributed by atoms with Crippen molar-refractivity contribution in [2.24, 2.45) is 0 Å². The molecular formula is C17H16BrClN2O2. The molecule has 0 atom stereocenters. The molecule has 0 bridgehead atoms. The summed E-state index contributed by atoms with van der Waals surface area (Å²) >= 11 is 9.20. The number of hydrogen-bond acceptors (Lipinski definition) is 2. The second-order valence-corrected chi connectivity index (χ2v) is 6.38. The van der Waals surface area contributed by atoms with Crippen LogP contribution in [0, 0.1) is 6.92 Å². The topological polar surface area (TPSA) is 58.2 Å². The lowest BCUT2D eigenvalue weighted by Gasteiger charge is -2.08. The van der Waals surface area contributed by atoms with Crippen molar-refractivity contribution in [1.82, 2.24) is 5.32 Å². The number of carbonyl (C=O) groups is 2. The Labute approximate surface area is 148 Å². The number of rotatable bonds is 5. The van der Waals surface area contributed by atoms with E-state index in [9.17, 15) is 9.59 Å². The van der Waals surface area contributed by atoms with Gasteiger partial charge in [0.1, 0.15) is 0 Å². The average Bonchev–Trinajstić information content (AvgIpc) is 2.51. The molecule has 0 aliphatic carbocycles. The van der Waals surface area contributed by atoms with E-state index < -0.39 is 0 Å². The zero-order valence-corrected chi connectivity index (χ0v) is 14.9. The number of nitrogens with one attached hydrogen (secondary N) is 2. The van der Waals surface area contributed by atoms with Gasteiger partial charge in [-0.05, 0) is 48.4 Å². The lowest BCUT2D eigenvalue weighted by Crippen LogP contribution is -2.33. The van der Waals surface area contributed by atoms with Gasteiger partial charge in [-0.3, -0.25) is 9.59 Å². The molecule has 0 unspecified atom stereocenters. The van der Waals surface area contributed by atoms with Gasteiger partial charge >= 0.3 is 0 Å². The number of aryl methyl sites for hydroxylation is 1. The predicted octanol–water partition coefficient (Wildman–Crippen LogP) is 3.71. The first-order valence-electron chi connectivity index (χ1n) is 7.01. The summed E-state index contributed by atoms with van der Waals surface area (Å²) in [5, 5.41) is 5.97. The lowest BCUT2D eigenvalue weighted by atomic mass is 10.1. The number of amides is 2. The molecule has 0 aliphatic rings. The van der Waals surface area contributed by atoms with Crippen LogP contribution in [-0.4, -0.2) is 18.4 Å². The van der Waals surface area contributed by atoms with Crippen LogP contribution in [0.4, 0.5) is 5.69 Å². The molecule has 0 aliphatic heterocycles. The van der Waals surface area contributed by atoms with E-state index in [1.54, 1.807) is 30.3 Å². The van der Waals surface area contributed by atoms with Gasteiger partial charge < -0.3 is 10.6 Å². The van der Waals surface area contributed by atoms with E-state index in [0.717, 1.165) is 15.6 Å². The highest BCUT2D eigenvalue weighted by molar-refractivity contribution is 9.10. The average molecular weight is 396 g/mol. The lowest BCUT2D eigenvalue weighted by molar-refractivity contribution is -0.123. The molecule has 6 heteroatoms. The third-order valence-corrected chi connectivity index (χ3v) is 4.31. The fourth-order valence-electron chi connectivity index (χ4n) is 1.96. The van der Waals surface area contributed by atoms with Crippen molar-refractivity contribution in [3.05, 3.63) is 63.1 Å². The Morgan fingerprint density at radius 1 is 1.09 bits per heavy atom. The van der Waals surface area contributed by atoms with Crippen LogP contribution in [0.3, 0.4) is 0 Å². The van der Waals surface area contributed by atoms with Gasteiger partial charge in [0.05, 0.1) is 13.0 Å². The Hall–Kier alpha value is -1.85. The molecule has 0 spiro atoms. The number of carbonyl (C=O) groups excluding carboxylic acids is 2. The Morgan fingerprint density at radius 3 is 2.43 bits per heavy atom. The number of benzene rings is 2. The SMILES string of the molecule is Cc1cc(NC(=O)CNC(=O)Cc2ccc(Cl)cc2)ccc1Br. The smallest absolute Gasteiger partial charge is 0.243 e. The first-order chi connectivity index (χ1) is 10.9. The molecule has 0 radical (unpaired) electrons. The quantitative estimate of drug-likeness (QED) is 0.811. The first kappa shape index (κ1) is 17.5. The fraction of sp³-hybridized carbons (Fsp3) is 0.176. The van der Waals surface area contributed by atoms with E-state index in [4.69, 9.17) is 11.6 Å². The van der Waals surface area contributed by atoms with Crippen molar-refractivity contribution < 1.29 is 9.59 Å². The van der Waals surface area contributed by atoms with Gasteiger partial charge in [0.25, 0.3) is 0 Å². The third-order valence-electron chi connectivity index (χ3n) is 3.17. The molecule has 2 amide bonds. The van der Waals surface area contributed by atoms with Gasteiger partial charge in [-0.2, -0.15) is 0 Å². The van der Waals surface area contributed by atoms with Crippen LogP contribution in [0.25, 0.3) is 0 Å². The molecule has 0 saturated heterocycles. The summed E-state index contributed by atoms with van der Waals surface area (Å²) in [6.45, 7) is 1.87. The first-order valence-corrected chi connectivity index (χ1v) is 8.18. The van der Waals surface area contributed by atoms with Crippen molar-refractivity contribution >= 4 is 45.0 Å². The third kappa shape index (κ3) is 5.69. The summed E-state index contributed by atoms with van der Waals surface area (Å²) in [6.07, 6.45) is 0.210. The van der Waals surface area contributed by atoms with Crippen LogP contribution in [0.2, 0.25) is 5.02 Å². The molecule has 4 nitrogen and oxygen atoms in total. The van der Waals surface area contributed by atoms with Crippen molar-refractivity contribution in [2.75, 3.05) is 11.9 Å². The predicted molar refractivity (Wildman–Crippen MR) is 95.7 cm³/mol. The summed E-state index contributed by atoms with van der Waals surface area (Å²) in [5.74, 6) is -0.481. The van der Waals surface area contributed by atoms with Crippen molar-refractivity contribution in [3.63, 3.8) is 0 Å². The van der Waals surface area contributed by atoms with Crippen molar-refractivity contribution in [3.8, 4) is 0 Å². The van der Waals surface area contributed by atoms with Gasteiger partial charge in [-0.25, -0.2) is 0 Å². The molecule has 2 N–H and O–H groups in total. The van der Waals surface area contributed by atoms with Gasteiger partial charge in [0, 0.05) is 15.2 Å². The molecule has 23 heavy (non-hydrogen) atoms. The van der Waals surface area contributed by atoms with E-state index in [0.29, 0.717) is 10.7 Å². The summed E-state index contributed by atoms with van der Waals surface area (Å²) in [6, 6.07) is 12.5. The molecule has 2 rings (SSSR count). The van der Waals surface area contributed by atoms with E-state index in [1.165, 1.54) is 0 Å². The fourth-order valence-corrected chi connectivity index (χ4v) is 2.33. The van der Waals surface area contributed by atoms with Crippen LogP contribution >= 0.6 is 27.5 Å². The number of halogens is 2. The Morgan fingerprint density at radius 2 is 1.78 bits per heavy atom. The number of anilines is 1. The molecule has 120 valence electrons. The second kappa shape index (κ2) is 8.13. The Bertz CT molecular complexity index is 717. The minimum Gasteiger partial charge on any atom is -0.347 e. The van der Waals surface area contributed by atoms with E-state index >= 15 is 0 Å². The van der Waals surface area contributed by atoms with E-state index in [1.807, 2.05) is 19.1 Å². The maximum Gasteiger partial charge on any atom is 0.243 e. The van der Waals surface area contributed by atoms with Crippen molar-refractivity contribution in [2.45, 2.75) is 13.3 Å². The van der Waals surface area contributed by atoms with Gasteiger partial charge in [-0.1, -0.05) is 39.7 Å².